The van der Waals surface area contributed by atoms with Crippen LogP contribution in [0, 0.1) is 0 Å². The number of benzene rings is 10. The minimum Gasteiger partial charge on any atom is -0.295 e. The van der Waals surface area contributed by atoms with Crippen LogP contribution in [0.4, 0.5) is 34.4 Å². The number of hydrogen-bond donors (Lipinski definition) is 0. The molecule has 12 aromatic rings. The van der Waals surface area contributed by atoms with E-state index in [0.29, 0.717) is 0 Å². The molecule has 2 aromatic heterocycles. The second kappa shape index (κ2) is 20.6. The molecule has 0 spiro atoms. The highest BCUT2D eigenvalue weighted by Gasteiger charge is 2.40. The van der Waals surface area contributed by atoms with Gasteiger partial charge in [0.1, 0.15) is 11.6 Å². The van der Waals surface area contributed by atoms with E-state index in [0.717, 1.165) is 45.5 Å². The molecule has 0 saturated heterocycles. The van der Waals surface area contributed by atoms with E-state index in [1.807, 2.05) is 24.5 Å². The molecule has 0 aliphatic heterocycles. The van der Waals surface area contributed by atoms with Gasteiger partial charge >= 0.3 is 0 Å². The molecule has 16 rings (SSSR count). The summed E-state index contributed by atoms with van der Waals surface area (Å²) < 4.78 is 0. The highest BCUT2D eigenvalue weighted by atomic mass is 15.2. The van der Waals surface area contributed by atoms with Gasteiger partial charge in [0.25, 0.3) is 0 Å². The molecule has 0 fully saturated rings. The molecule has 0 bridgehead atoms. The fraction of sp³-hybridized carbons (Fsp3) is 0.140. The first-order chi connectivity index (χ1) is 43.6. The smallest absolute Gasteiger partial charge is 0.137 e. The molecule has 0 saturated carbocycles. The Bertz CT molecular complexity index is 4610. The van der Waals surface area contributed by atoms with Crippen LogP contribution in [0.15, 0.2) is 255 Å². The van der Waals surface area contributed by atoms with E-state index in [2.05, 4.69) is 320 Å². The number of fused-ring (bicyclic) bond motifs is 12. The van der Waals surface area contributed by atoms with Crippen molar-refractivity contribution in [3.8, 4) is 55.6 Å². The molecule has 0 atom stereocenters. The van der Waals surface area contributed by atoms with Crippen LogP contribution in [-0.2, 0) is 21.7 Å². The van der Waals surface area contributed by atoms with Crippen molar-refractivity contribution < 1.29 is 0 Å². The Morgan fingerprint density at radius 2 is 0.511 bits per heavy atom. The summed E-state index contributed by atoms with van der Waals surface area (Å²) in [6.45, 7) is 18.9. The molecule has 0 N–H and O–H groups in total. The van der Waals surface area contributed by atoms with Gasteiger partial charge in [-0.05, 0) is 195 Å². The van der Waals surface area contributed by atoms with Crippen LogP contribution in [0.1, 0.15) is 122 Å². The largest absolute Gasteiger partial charge is 0.295 e. The number of hydrogen-bond acceptors (Lipinski definition) is 4. The predicted octanol–water partition coefficient (Wildman–Crippen LogP) is 22.6. The Morgan fingerprint density at radius 3 is 0.844 bits per heavy atom. The van der Waals surface area contributed by atoms with Crippen LogP contribution in [-0.4, -0.2) is 9.97 Å². The average molecular weight is 1160 g/mol. The lowest BCUT2D eigenvalue weighted by molar-refractivity contribution is 0.659. The minimum atomic E-state index is -0.213. The van der Waals surface area contributed by atoms with Crippen LogP contribution < -0.4 is 9.80 Å². The molecule has 2 heterocycles. The summed E-state index contributed by atoms with van der Waals surface area (Å²) in [5.41, 5.74) is 32.1. The van der Waals surface area contributed by atoms with Gasteiger partial charge < -0.3 is 0 Å². The Balaban J connectivity index is 0.600. The summed E-state index contributed by atoms with van der Waals surface area (Å²) in [6, 6.07) is 89.7. The Morgan fingerprint density at radius 1 is 0.244 bits per heavy atom. The molecule has 4 aliphatic carbocycles. The highest BCUT2D eigenvalue weighted by molar-refractivity contribution is 5.91. The van der Waals surface area contributed by atoms with Crippen molar-refractivity contribution in [1.82, 2.24) is 9.97 Å². The Kier molecular flexibility index (Phi) is 12.6. The zero-order valence-corrected chi connectivity index (χ0v) is 52.3. The lowest BCUT2D eigenvalue weighted by Crippen LogP contribution is -2.18. The zero-order chi connectivity index (χ0) is 61.3. The number of pyridine rings is 2. The van der Waals surface area contributed by atoms with Gasteiger partial charge in [-0.25, -0.2) is 9.97 Å². The molecule has 0 amide bonds. The van der Waals surface area contributed by atoms with Crippen LogP contribution in [0.2, 0.25) is 0 Å². The van der Waals surface area contributed by atoms with Crippen molar-refractivity contribution in [1.29, 1.82) is 0 Å². The number of aromatic nitrogens is 2. The predicted molar refractivity (Wildman–Crippen MR) is 378 cm³/mol. The Labute approximate surface area is 529 Å². The first-order valence-corrected chi connectivity index (χ1v) is 31.7. The molecule has 0 unspecified atom stereocenters. The average Bonchev–Trinajstić information content (AvgIpc) is 1.63. The van der Waals surface area contributed by atoms with E-state index in [1.165, 1.54) is 111 Å². The standard InChI is InChI=1S/C86H70N4/c1-83(2)73-19-11-9-17-65(73)69-43-37-61(51-77(69)83)89(81-21-13-15-47-87-81)63-39-45-71-67-41-31-57(49-75(67)85(5,6)79(71)53-63)25-23-55-27-33-59(34-28-55)60-35-29-56(30-36-60)24-26-58-32-42-68-72-46-40-64(54-80(72)86(7,8)76(68)50-58)90(82-22-14-16-48-88-82)62-38-44-70-66-18-10-12-20-74(66)84(3,4)78(70)52-62/h9-54H,1-8H3/b25-23+,26-24+. The van der Waals surface area contributed by atoms with E-state index < -0.39 is 0 Å². The van der Waals surface area contributed by atoms with Gasteiger partial charge in [0, 0.05) is 56.8 Å². The van der Waals surface area contributed by atoms with Crippen molar-refractivity contribution in [3.63, 3.8) is 0 Å². The molecule has 90 heavy (non-hydrogen) atoms. The van der Waals surface area contributed by atoms with Crippen LogP contribution in [0.25, 0.3) is 79.9 Å². The molecule has 0 radical (unpaired) electrons. The number of anilines is 6. The number of rotatable bonds is 11. The van der Waals surface area contributed by atoms with Gasteiger partial charge in [-0.1, -0.05) is 250 Å². The van der Waals surface area contributed by atoms with E-state index in [4.69, 9.17) is 9.97 Å². The summed E-state index contributed by atoms with van der Waals surface area (Å²) >= 11 is 0. The summed E-state index contributed by atoms with van der Waals surface area (Å²) in [4.78, 5) is 14.5. The van der Waals surface area contributed by atoms with Gasteiger partial charge in [-0.3, -0.25) is 9.80 Å². The zero-order valence-electron chi connectivity index (χ0n) is 52.3. The van der Waals surface area contributed by atoms with E-state index >= 15 is 0 Å². The van der Waals surface area contributed by atoms with Crippen molar-refractivity contribution in [2.75, 3.05) is 9.80 Å². The molecular formula is C86H70N4. The van der Waals surface area contributed by atoms with Crippen LogP contribution in [0.3, 0.4) is 0 Å². The fourth-order valence-electron chi connectivity index (χ4n) is 15.4. The van der Waals surface area contributed by atoms with Gasteiger partial charge in [-0.2, -0.15) is 0 Å². The maximum absolute atomic E-state index is 4.92. The highest BCUT2D eigenvalue weighted by Crippen LogP contribution is 2.56. The third kappa shape index (κ3) is 8.78. The first kappa shape index (κ1) is 54.9. The maximum atomic E-state index is 4.92. The van der Waals surface area contributed by atoms with Crippen molar-refractivity contribution in [2.24, 2.45) is 0 Å². The maximum Gasteiger partial charge on any atom is 0.137 e. The van der Waals surface area contributed by atoms with Gasteiger partial charge in [0.2, 0.25) is 0 Å². The van der Waals surface area contributed by atoms with E-state index in [9.17, 15) is 0 Å². The quantitative estimate of drug-likeness (QED) is 0.121. The lowest BCUT2D eigenvalue weighted by atomic mass is 9.81. The monoisotopic (exact) mass is 1160 g/mol. The van der Waals surface area contributed by atoms with Gasteiger partial charge in [0.05, 0.1) is 0 Å². The molecule has 10 aromatic carbocycles. The molecule has 4 aliphatic rings. The van der Waals surface area contributed by atoms with Crippen LogP contribution >= 0.6 is 0 Å². The third-order valence-corrected chi connectivity index (χ3v) is 20.4. The van der Waals surface area contributed by atoms with Crippen LogP contribution in [0.5, 0.6) is 0 Å². The van der Waals surface area contributed by atoms with Crippen molar-refractivity contribution in [3.05, 3.63) is 322 Å². The third-order valence-electron chi connectivity index (χ3n) is 20.4. The lowest BCUT2D eigenvalue weighted by Gasteiger charge is -2.29. The second-order valence-electron chi connectivity index (χ2n) is 27.1. The van der Waals surface area contributed by atoms with Gasteiger partial charge in [-0.15, -0.1) is 0 Å². The summed E-state index contributed by atoms with van der Waals surface area (Å²) in [5, 5.41) is 0. The SMILES string of the molecule is CC1(C)c2ccccc2-c2ccc(N(c3ccc4c(c3)C(C)(C)c3cc(/C=C/c5ccc(-c6ccc(/C=C/c7ccc8c(c7)C(C)(C)c7cc(N(c9ccc%10c(c9)C(C)(C)c9ccccc9-%10)c9ccccn9)ccc7-8)cc6)cc5)ccc3-4)c3ccccn3)cc21. The van der Waals surface area contributed by atoms with Crippen molar-refractivity contribution >= 4 is 58.7 Å². The molecule has 4 heteroatoms. The van der Waals surface area contributed by atoms with E-state index in [-0.39, 0.29) is 21.7 Å². The molecular weight excluding hydrogens is 1090 g/mol. The summed E-state index contributed by atoms with van der Waals surface area (Å²) in [7, 11) is 0. The topological polar surface area (TPSA) is 32.3 Å². The van der Waals surface area contributed by atoms with E-state index in [1.54, 1.807) is 0 Å². The fourth-order valence-corrected chi connectivity index (χ4v) is 15.4. The minimum absolute atomic E-state index is 0.111. The van der Waals surface area contributed by atoms with Crippen molar-refractivity contribution in [2.45, 2.75) is 77.0 Å². The Hall–Kier alpha value is -10.4. The van der Waals surface area contributed by atoms with Gasteiger partial charge in [0.15, 0.2) is 0 Å². The summed E-state index contributed by atoms with van der Waals surface area (Å²) in [6.07, 6.45) is 12.8. The number of nitrogens with zero attached hydrogens (tertiary/aromatic N) is 4. The summed E-state index contributed by atoms with van der Waals surface area (Å²) in [5.74, 6) is 1.79. The second-order valence-corrected chi connectivity index (χ2v) is 27.1. The normalized spacial score (nSPS) is 15.2. The first-order valence-electron chi connectivity index (χ1n) is 31.7. The molecule has 434 valence electrons. The molecule has 4 nitrogen and oxygen atoms in total.